The van der Waals surface area contributed by atoms with Crippen LogP contribution in [0.2, 0.25) is 0 Å². The fourth-order valence-electron chi connectivity index (χ4n) is 4.02. The highest BCUT2D eigenvalue weighted by molar-refractivity contribution is 7.90. The van der Waals surface area contributed by atoms with E-state index in [0.29, 0.717) is 37.5 Å². The summed E-state index contributed by atoms with van der Waals surface area (Å²) in [6.07, 6.45) is 4.50. The predicted octanol–water partition coefficient (Wildman–Crippen LogP) is 2.47. The van der Waals surface area contributed by atoms with Crippen molar-refractivity contribution in [1.82, 2.24) is 4.90 Å². The second kappa shape index (κ2) is 8.06. The fourth-order valence-corrected chi connectivity index (χ4v) is 4.88. The lowest BCUT2D eigenvalue weighted by Crippen LogP contribution is -2.45. The zero-order valence-electron chi connectivity index (χ0n) is 16.3. The lowest BCUT2D eigenvalue weighted by atomic mass is 9.92. The highest BCUT2D eigenvalue weighted by Gasteiger charge is 2.31. The van der Waals surface area contributed by atoms with Crippen LogP contribution >= 0.6 is 0 Å². The minimum atomic E-state index is -3.71. The number of hydrogen-bond donors (Lipinski definition) is 0. The van der Waals surface area contributed by atoms with Crippen LogP contribution in [0.25, 0.3) is 0 Å². The Hall–Kier alpha value is -2.16. The summed E-state index contributed by atoms with van der Waals surface area (Å²) in [5.41, 5.74) is 0.236. The van der Waals surface area contributed by atoms with Crippen LogP contribution in [0.3, 0.4) is 0 Å². The molecule has 28 heavy (non-hydrogen) atoms. The molecule has 1 amide bonds. The third kappa shape index (κ3) is 4.45. The minimum Gasteiger partial charge on any atom is -0.371 e. The van der Waals surface area contributed by atoms with Gasteiger partial charge in [-0.1, -0.05) is 6.92 Å². The van der Waals surface area contributed by atoms with E-state index >= 15 is 0 Å². The molecule has 154 valence electrons. The topological polar surface area (TPSA) is 101 Å². The van der Waals surface area contributed by atoms with Gasteiger partial charge in [0.15, 0.2) is 9.84 Å². The zero-order valence-corrected chi connectivity index (χ0v) is 17.2. The monoisotopic (exact) mass is 409 g/mol. The van der Waals surface area contributed by atoms with E-state index in [4.69, 9.17) is 0 Å². The van der Waals surface area contributed by atoms with Crippen LogP contribution in [0, 0.1) is 22.0 Å². The summed E-state index contributed by atoms with van der Waals surface area (Å²) < 4.78 is 23.9. The molecule has 2 fully saturated rings. The van der Waals surface area contributed by atoms with Gasteiger partial charge in [0.05, 0.1) is 4.92 Å². The third-order valence-electron chi connectivity index (χ3n) is 5.84. The van der Waals surface area contributed by atoms with Crippen LogP contribution in [-0.4, -0.2) is 56.6 Å². The lowest BCUT2D eigenvalue weighted by molar-refractivity contribution is -0.387. The molecule has 0 radical (unpaired) electrons. The van der Waals surface area contributed by atoms with Crippen LogP contribution in [-0.2, 0) is 14.6 Å². The van der Waals surface area contributed by atoms with Gasteiger partial charge in [0.1, 0.15) is 4.90 Å². The van der Waals surface area contributed by atoms with Crippen molar-refractivity contribution in [2.45, 2.75) is 37.5 Å². The van der Waals surface area contributed by atoms with E-state index in [9.17, 15) is 23.3 Å². The molecule has 9 heteroatoms. The molecule has 2 heterocycles. The fraction of sp³-hybridized carbons (Fsp3) is 0.632. The molecule has 8 nitrogen and oxygen atoms in total. The molecular weight excluding hydrogens is 382 g/mol. The number of anilines is 1. The Bertz CT molecular complexity index is 854. The van der Waals surface area contributed by atoms with Crippen molar-refractivity contribution in [3.63, 3.8) is 0 Å². The predicted molar refractivity (Wildman–Crippen MR) is 106 cm³/mol. The van der Waals surface area contributed by atoms with E-state index in [0.717, 1.165) is 32.2 Å². The first-order valence-corrected chi connectivity index (χ1v) is 11.6. The number of nitrogens with zero attached hydrogens (tertiary/aromatic N) is 3. The van der Waals surface area contributed by atoms with Gasteiger partial charge < -0.3 is 9.80 Å². The van der Waals surface area contributed by atoms with E-state index in [2.05, 4.69) is 6.92 Å². The Balaban J connectivity index is 1.68. The van der Waals surface area contributed by atoms with Gasteiger partial charge in [-0.05, 0) is 43.7 Å². The Morgan fingerprint density at radius 3 is 2.25 bits per heavy atom. The maximum atomic E-state index is 12.8. The second-order valence-electron chi connectivity index (χ2n) is 7.95. The molecule has 1 aromatic carbocycles. The molecular formula is C19H27N3O5S. The van der Waals surface area contributed by atoms with Crippen molar-refractivity contribution in [3.8, 4) is 0 Å². The van der Waals surface area contributed by atoms with Gasteiger partial charge in [-0.2, -0.15) is 0 Å². The summed E-state index contributed by atoms with van der Waals surface area (Å²) in [5.74, 6) is 0.904. The van der Waals surface area contributed by atoms with Crippen LogP contribution in [0.5, 0.6) is 0 Å². The van der Waals surface area contributed by atoms with E-state index < -0.39 is 20.4 Å². The zero-order chi connectivity index (χ0) is 20.5. The summed E-state index contributed by atoms with van der Waals surface area (Å²) in [4.78, 5) is 26.9. The highest BCUT2D eigenvalue weighted by Crippen LogP contribution is 2.31. The first kappa shape index (κ1) is 20.6. The molecule has 2 aliphatic rings. The molecule has 1 aromatic rings. The van der Waals surface area contributed by atoms with Crippen molar-refractivity contribution in [3.05, 3.63) is 28.3 Å². The number of carbonyl (C=O) groups is 1. The minimum absolute atomic E-state index is 0.00270. The summed E-state index contributed by atoms with van der Waals surface area (Å²) in [7, 11) is -3.71. The van der Waals surface area contributed by atoms with Gasteiger partial charge in [-0.3, -0.25) is 14.9 Å². The lowest BCUT2D eigenvalue weighted by Gasteiger charge is -2.37. The number of carbonyl (C=O) groups excluding carboxylic acids is 1. The number of likely N-dealkylation sites (tertiary alicyclic amines) is 1. The maximum absolute atomic E-state index is 12.8. The Morgan fingerprint density at radius 1 is 1.11 bits per heavy atom. The average Bonchev–Trinajstić information content (AvgIpc) is 2.67. The third-order valence-corrected chi connectivity index (χ3v) is 6.97. The van der Waals surface area contributed by atoms with E-state index in [1.54, 1.807) is 6.07 Å². The molecule has 0 saturated carbocycles. The molecule has 2 saturated heterocycles. The van der Waals surface area contributed by atoms with E-state index in [1.807, 2.05) is 9.80 Å². The quantitative estimate of drug-likeness (QED) is 0.559. The molecule has 0 spiro atoms. The molecule has 0 atom stereocenters. The van der Waals surface area contributed by atoms with Crippen molar-refractivity contribution in [1.29, 1.82) is 0 Å². The number of nitro benzene ring substituents is 1. The van der Waals surface area contributed by atoms with Crippen LogP contribution < -0.4 is 4.90 Å². The first-order valence-electron chi connectivity index (χ1n) is 9.69. The number of rotatable bonds is 4. The largest absolute Gasteiger partial charge is 0.371 e. The number of sulfone groups is 1. The maximum Gasteiger partial charge on any atom is 0.288 e. The number of benzene rings is 1. The van der Waals surface area contributed by atoms with Gasteiger partial charge in [0, 0.05) is 50.1 Å². The molecule has 3 rings (SSSR count). The SMILES string of the molecule is CC1CCN(C(=O)C2CCN(c3ccc([N+](=O)[O-])c(S(C)(=O)=O)c3)CC2)CC1. The first-order chi connectivity index (χ1) is 13.2. The van der Waals surface area contributed by atoms with Crippen molar-refractivity contribution < 1.29 is 18.1 Å². The number of amides is 1. The molecule has 2 aliphatic heterocycles. The summed E-state index contributed by atoms with van der Waals surface area (Å²) in [6.45, 7) is 5.14. The van der Waals surface area contributed by atoms with Crippen molar-refractivity contribution in [2.75, 3.05) is 37.3 Å². The van der Waals surface area contributed by atoms with Crippen LogP contribution in [0.15, 0.2) is 23.1 Å². The van der Waals surface area contributed by atoms with E-state index in [-0.39, 0.29) is 16.7 Å². The average molecular weight is 410 g/mol. The molecule has 0 unspecified atom stereocenters. The standard InChI is InChI=1S/C19H27N3O5S/c1-14-5-9-21(10-6-14)19(23)15-7-11-20(12-8-15)16-3-4-17(22(24)25)18(13-16)28(2,26)27/h3-4,13-15H,5-12H2,1-2H3. The molecule has 0 bridgehead atoms. The van der Waals surface area contributed by atoms with Gasteiger partial charge in [0.25, 0.3) is 5.69 Å². The van der Waals surface area contributed by atoms with Crippen molar-refractivity contribution in [2.24, 2.45) is 11.8 Å². The van der Waals surface area contributed by atoms with E-state index in [1.165, 1.54) is 12.1 Å². The van der Waals surface area contributed by atoms with Gasteiger partial charge in [-0.25, -0.2) is 8.42 Å². The van der Waals surface area contributed by atoms with Crippen LogP contribution in [0.1, 0.15) is 32.6 Å². The van der Waals surface area contributed by atoms with Crippen LogP contribution in [0.4, 0.5) is 11.4 Å². The van der Waals surface area contributed by atoms with Gasteiger partial charge in [-0.15, -0.1) is 0 Å². The Kier molecular flexibility index (Phi) is 5.92. The Labute approximate surface area is 165 Å². The molecule has 0 aromatic heterocycles. The van der Waals surface area contributed by atoms with Gasteiger partial charge >= 0.3 is 0 Å². The summed E-state index contributed by atoms with van der Waals surface area (Å²) in [6, 6.07) is 4.21. The van der Waals surface area contributed by atoms with Gasteiger partial charge in [0.2, 0.25) is 5.91 Å². The number of hydrogen-bond acceptors (Lipinski definition) is 6. The Morgan fingerprint density at radius 2 is 1.71 bits per heavy atom. The second-order valence-corrected chi connectivity index (χ2v) is 9.93. The highest BCUT2D eigenvalue weighted by atomic mass is 32.2. The smallest absolute Gasteiger partial charge is 0.288 e. The number of nitro groups is 1. The molecule has 0 N–H and O–H groups in total. The molecule has 0 aliphatic carbocycles. The number of piperidine rings is 2. The summed E-state index contributed by atoms with van der Waals surface area (Å²) in [5, 5.41) is 11.1. The summed E-state index contributed by atoms with van der Waals surface area (Å²) >= 11 is 0. The normalized spacial score (nSPS) is 19.6. The van der Waals surface area contributed by atoms with Crippen molar-refractivity contribution >= 4 is 27.1 Å².